The third-order valence-electron chi connectivity index (χ3n) is 4.15. The second-order valence-electron chi connectivity index (χ2n) is 6.44. The maximum atomic E-state index is 10.4. The van der Waals surface area contributed by atoms with Crippen molar-refractivity contribution in [2.45, 2.75) is 110 Å². The number of allylic oxidation sites excluding steroid dienone is 2. The van der Waals surface area contributed by atoms with Crippen LogP contribution >= 0.6 is 0 Å². The molecule has 23 heavy (non-hydrogen) atoms. The molecule has 1 radical (unpaired) electrons. The van der Waals surface area contributed by atoms with Gasteiger partial charge < -0.3 is 5.11 Å². The number of carbonyl (C=O) groups is 1. The Balaban J connectivity index is 0. The van der Waals surface area contributed by atoms with E-state index in [-0.39, 0.29) is 22.4 Å². The molecule has 1 N–H and O–H groups in total. The fourth-order valence-corrected chi connectivity index (χ4v) is 2.70. The van der Waals surface area contributed by atoms with Crippen molar-refractivity contribution < 1.29 is 32.3 Å². The minimum absolute atomic E-state index is 0. The Morgan fingerprint density at radius 2 is 1.09 bits per heavy atom. The Morgan fingerprint density at radius 1 is 0.696 bits per heavy atom. The number of hydrogen-bond donors (Lipinski definition) is 1. The minimum atomic E-state index is -0.659. The molecule has 0 heterocycles. The van der Waals surface area contributed by atoms with Crippen LogP contribution in [0.3, 0.4) is 0 Å². The summed E-state index contributed by atoms with van der Waals surface area (Å²) in [5.74, 6) is -0.659. The summed E-state index contributed by atoms with van der Waals surface area (Å²) < 4.78 is 0. The molecular weight excluding hydrogens is 380 g/mol. The molecular formula is C20H38AgO2. The summed E-state index contributed by atoms with van der Waals surface area (Å²) in [6.45, 7) is 2.27. The third kappa shape index (κ3) is 24.3. The van der Waals surface area contributed by atoms with Gasteiger partial charge in [-0.2, -0.15) is 0 Å². The van der Waals surface area contributed by atoms with Gasteiger partial charge in [0.25, 0.3) is 0 Å². The van der Waals surface area contributed by atoms with Crippen LogP contribution in [0.5, 0.6) is 0 Å². The van der Waals surface area contributed by atoms with Crippen molar-refractivity contribution in [1.29, 1.82) is 0 Å². The molecule has 0 aliphatic heterocycles. The molecule has 0 unspecified atom stereocenters. The van der Waals surface area contributed by atoms with E-state index in [0.717, 1.165) is 12.8 Å². The smallest absolute Gasteiger partial charge is 0.303 e. The third-order valence-corrected chi connectivity index (χ3v) is 4.15. The van der Waals surface area contributed by atoms with Gasteiger partial charge in [-0.3, -0.25) is 4.79 Å². The molecule has 0 aromatic rings. The molecule has 0 aromatic heterocycles. The first-order valence-electron chi connectivity index (χ1n) is 9.64. The van der Waals surface area contributed by atoms with Gasteiger partial charge in [-0.1, -0.05) is 83.3 Å². The number of carboxylic acids is 1. The summed E-state index contributed by atoms with van der Waals surface area (Å²) in [4.78, 5) is 10.4. The van der Waals surface area contributed by atoms with Crippen LogP contribution in [-0.4, -0.2) is 11.1 Å². The van der Waals surface area contributed by atoms with Crippen LogP contribution in [0.4, 0.5) is 0 Å². The molecule has 0 fully saturated rings. The van der Waals surface area contributed by atoms with Crippen LogP contribution in [0, 0.1) is 0 Å². The summed E-state index contributed by atoms with van der Waals surface area (Å²) in [6, 6.07) is 0. The zero-order valence-corrected chi connectivity index (χ0v) is 16.6. The molecule has 0 amide bonds. The Bertz CT molecular complexity index is 264. The molecule has 0 bridgehead atoms. The van der Waals surface area contributed by atoms with Gasteiger partial charge in [0.15, 0.2) is 0 Å². The Hall–Kier alpha value is -0.0497. The predicted molar refractivity (Wildman–Crippen MR) is 96.3 cm³/mol. The van der Waals surface area contributed by atoms with Gasteiger partial charge in [0.1, 0.15) is 0 Å². The van der Waals surface area contributed by atoms with Crippen LogP contribution in [0.25, 0.3) is 0 Å². The van der Waals surface area contributed by atoms with Crippen molar-refractivity contribution >= 4 is 5.97 Å². The second-order valence-corrected chi connectivity index (χ2v) is 6.44. The minimum Gasteiger partial charge on any atom is -0.481 e. The van der Waals surface area contributed by atoms with Crippen LogP contribution in [0.1, 0.15) is 110 Å². The summed E-state index contributed by atoms with van der Waals surface area (Å²) in [5, 5.41) is 8.53. The molecule has 2 nitrogen and oxygen atoms in total. The van der Waals surface area contributed by atoms with Crippen LogP contribution < -0.4 is 0 Å². The van der Waals surface area contributed by atoms with E-state index in [1.807, 2.05) is 0 Å². The van der Waals surface area contributed by atoms with Crippen LogP contribution in [0.2, 0.25) is 0 Å². The van der Waals surface area contributed by atoms with Gasteiger partial charge in [0.05, 0.1) is 0 Å². The van der Waals surface area contributed by atoms with Crippen molar-refractivity contribution in [1.82, 2.24) is 0 Å². The van der Waals surface area contributed by atoms with Gasteiger partial charge in [0, 0.05) is 28.8 Å². The van der Waals surface area contributed by atoms with Crippen molar-refractivity contribution in [2.75, 3.05) is 0 Å². The molecule has 0 atom stereocenters. The van der Waals surface area contributed by atoms with Gasteiger partial charge >= 0.3 is 5.97 Å². The Labute approximate surface area is 160 Å². The van der Waals surface area contributed by atoms with E-state index in [0.29, 0.717) is 6.42 Å². The number of hydrogen-bond acceptors (Lipinski definition) is 1. The standard InChI is InChI=1S/C20H38O2.Ag/c1-2-3-4-5-6-7-8-9-10-11-12-13-14-15-16-17-18-19-20(21)22;/h9-10H,2-8,11-19H2,1H3,(H,21,22);/b10-9-;. The topological polar surface area (TPSA) is 37.3 Å². The first kappa shape index (κ1) is 25.2. The summed E-state index contributed by atoms with van der Waals surface area (Å²) in [6.07, 6.45) is 24.2. The van der Waals surface area contributed by atoms with Gasteiger partial charge in [-0.05, 0) is 32.1 Å². The predicted octanol–water partition coefficient (Wildman–Crippen LogP) is 6.89. The fourth-order valence-electron chi connectivity index (χ4n) is 2.70. The van der Waals surface area contributed by atoms with Crippen molar-refractivity contribution in [3.8, 4) is 0 Å². The van der Waals surface area contributed by atoms with E-state index < -0.39 is 5.97 Å². The Kier molecular flexibility index (Phi) is 24.0. The van der Waals surface area contributed by atoms with E-state index in [1.165, 1.54) is 83.5 Å². The molecule has 0 aromatic carbocycles. The normalized spacial score (nSPS) is 10.8. The summed E-state index contributed by atoms with van der Waals surface area (Å²) in [5.41, 5.74) is 0. The molecule has 0 aliphatic carbocycles. The molecule has 141 valence electrons. The quantitative estimate of drug-likeness (QED) is 0.159. The first-order valence-corrected chi connectivity index (χ1v) is 9.64. The average Bonchev–Trinajstić information content (AvgIpc) is 2.50. The number of carboxylic acid groups (broad SMARTS) is 1. The molecule has 0 saturated heterocycles. The molecule has 3 heteroatoms. The van der Waals surface area contributed by atoms with Crippen LogP contribution in [-0.2, 0) is 27.2 Å². The molecule has 0 spiro atoms. The SMILES string of the molecule is CCCCCCCC/C=C\CCCCCCCCCC(=O)O.[Ag]. The summed E-state index contributed by atoms with van der Waals surface area (Å²) >= 11 is 0. The summed E-state index contributed by atoms with van der Waals surface area (Å²) in [7, 11) is 0. The largest absolute Gasteiger partial charge is 0.481 e. The van der Waals surface area contributed by atoms with Gasteiger partial charge in [0.2, 0.25) is 0 Å². The van der Waals surface area contributed by atoms with Crippen molar-refractivity contribution in [3.63, 3.8) is 0 Å². The van der Waals surface area contributed by atoms with Gasteiger partial charge in [-0.25, -0.2) is 0 Å². The van der Waals surface area contributed by atoms with Gasteiger partial charge in [-0.15, -0.1) is 0 Å². The number of unbranched alkanes of at least 4 members (excludes halogenated alkanes) is 13. The fraction of sp³-hybridized carbons (Fsp3) is 0.850. The van der Waals surface area contributed by atoms with E-state index in [9.17, 15) is 4.79 Å². The zero-order chi connectivity index (χ0) is 16.3. The Morgan fingerprint density at radius 3 is 1.52 bits per heavy atom. The maximum absolute atomic E-state index is 10.4. The number of aliphatic carboxylic acids is 1. The van der Waals surface area contributed by atoms with E-state index in [1.54, 1.807) is 0 Å². The second kappa shape index (κ2) is 22.0. The molecule has 0 rings (SSSR count). The van der Waals surface area contributed by atoms with Crippen molar-refractivity contribution in [2.24, 2.45) is 0 Å². The first-order chi connectivity index (χ1) is 10.8. The average molecular weight is 418 g/mol. The zero-order valence-electron chi connectivity index (χ0n) is 15.1. The maximum Gasteiger partial charge on any atom is 0.303 e. The van der Waals surface area contributed by atoms with E-state index in [4.69, 9.17) is 5.11 Å². The monoisotopic (exact) mass is 417 g/mol. The van der Waals surface area contributed by atoms with Crippen molar-refractivity contribution in [3.05, 3.63) is 12.2 Å². The van der Waals surface area contributed by atoms with Crippen LogP contribution in [0.15, 0.2) is 12.2 Å². The molecule has 0 saturated carbocycles. The number of rotatable bonds is 17. The van der Waals surface area contributed by atoms with E-state index in [2.05, 4.69) is 19.1 Å². The van der Waals surface area contributed by atoms with E-state index >= 15 is 0 Å². The molecule has 0 aliphatic rings.